The number of rotatable bonds is 3. The van der Waals surface area contributed by atoms with Crippen molar-refractivity contribution in [2.45, 2.75) is 26.3 Å². The molecule has 1 aromatic rings. The van der Waals surface area contributed by atoms with Gasteiger partial charge < -0.3 is 10.6 Å². The van der Waals surface area contributed by atoms with Gasteiger partial charge in [-0.25, -0.2) is 9.67 Å². The normalized spacial score (nSPS) is 16.6. The van der Waals surface area contributed by atoms with Gasteiger partial charge in [-0.2, -0.15) is 5.26 Å². The summed E-state index contributed by atoms with van der Waals surface area (Å²) < 4.78 is 1.60. The van der Waals surface area contributed by atoms with E-state index in [0.29, 0.717) is 19.0 Å². The second kappa shape index (κ2) is 8.04. The number of aliphatic imine (C=N–C) groups is 1. The summed E-state index contributed by atoms with van der Waals surface area (Å²) in [4.78, 5) is 10.3. The summed E-state index contributed by atoms with van der Waals surface area (Å²) in [6, 6.07) is 1.89. The minimum absolute atomic E-state index is 0. The molecule has 8 heteroatoms. The quantitative estimate of drug-likeness (QED) is 0.469. The van der Waals surface area contributed by atoms with Gasteiger partial charge in [-0.05, 0) is 18.8 Å². The first-order valence-corrected chi connectivity index (χ1v) is 6.53. The number of aromatic nitrogens is 3. The lowest BCUT2D eigenvalue weighted by Gasteiger charge is -2.31. The molecule has 0 atom stereocenters. The van der Waals surface area contributed by atoms with Crippen LogP contribution in [0.25, 0.3) is 0 Å². The average Bonchev–Trinajstić information content (AvgIpc) is 2.87. The number of hydrogen-bond acceptors (Lipinski definition) is 4. The van der Waals surface area contributed by atoms with Crippen molar-refractivity contribution in [1.82, 2.24) is 19.7 Å². The number of nitriles is 1. The summed E-state index contributed by atoms with van der Waals surface area (Å²) in [6.45, 7) is 5.37. The Kier molecular flexibility index (Phi) is 6.70. The third-order valence-electron chi connectivity index (χ3n) is 3.35. The van der Waals surface area contributed by atoms with Gasteiger partial charge in [0.25, 0.3) is 5.82 Å². The summed E-state index contributed by atoms with van der Waals surface area (Å²) >= 11 is 0. The highest BCUT2D eigenvalue weighted by Crippen LogP contribution is 2.15. The molecule has 0 saturated carbocycles. The highest BCUT2D eigenvalue weighted by atomic mass is 127. The Hall–Kier alpha value is -1.37. The van der Waals surface area contributed by atoms with Crippen molar-refractivity contribution in [1.29, 1.82) is 5.26 Å². The number of nitrogens with two attached hydrogens (primary N) is 1. The van der Waals surface area contributed by atoms with Crippen molar-refractivity contribution < 1.29 is 0 Å². The fourth-order valence-electron chi connectivity index (χ4n) is 2.06. The van der Waals surface area contributed by atoms with Crippen LogP contribution < -0.4 is 5.73 Å². The predicted molar refractivity (Wildman–Crippen MR) is 86.6 cm³/mol. The fraction of sp³-hybridized carbons (Fsp3) is 0.667. The van der Waals surface area contributed by atoms with E-state index in [4.69, 9.17) is 11.0 Å². The van der Waals surface area contributed by atoms with Crippen molar-refractivity contribution in [2.24, 2.45) is 16.6 Å². The highest BCUT2D eigenvalue weighted by Gasteiger charge is 2.16. The number of piperidine rings is 1. The molecule has 110 valence electrons. The Bertz CT molecular complexity index is 482. The molecule has 1 saturated heterocycles. The number of hydrogen-bond donors (Lipinski definition) is 1. The van der Waals surface area contributed by atoms with Gasteiger partial charge in [-0.3, -0.25) is 4.99 Å². The second-order valence-electron chi connectivity index (χ2n) is 4.85. The smallest absolute Gasteiger partial charge is 0.252 e. The largest absolute Gasteiger partial charge is 0.370 e. The van der Waals surface area contributed by atoms with Crippen LogP contribution in [-0.4, -0.2) is 45.3 Å². The van der Waals surface area contributed by atoms with Gasteiger partial charge in [0.2, 0.25) is 0 Å². The van der Waals surface area contributed by atoms with E-state index in [2.05, 4.69) is 26.9 Å². The van der Waals surface area contributed by atoms with Crippen molar-refractivity contribution >= 4 is 29.9 Å². The zero-order valence-electron chi connectivity index (χ0n) is 11.6. The maximum Gasteiger partial charge on any atom is 0.252 e. The van der Waals surface area contributed by atoms with E-state index in [0.717, 1.165) is 19.0 Å². The van der Waals surface area contributed by atoms with Gasteiger partial charge in [0.05, 0.1) is 13.1 Å². The number of nitrogens with zero attached hydrogens (tertiary/aromatic N) is 6. The van der Waals surface area contributed by atoms with Gasteiger partial charge >= 0.3 is 0 Å². The molecule has 1 aromatic heterocycles. The van der Waals surface area contributed by atoms with Crippen molar-refractivity contribution in [3.05, 3.63) is 12.2 Å². The van der Waals surface area contributed by atoms with Crippen molar-refractivity contribution in [2.75, 3.05) is 19.6 Å². The van der Waals surface area contributed by atoms with Crippen LogP contribution in [0.4, 0.5) is 0 Å². The van der Waals surface area contributed by atoms with Crippen LogP contribution in [0.15, 0.2) is 11.3 Å². The van der Waals surface area contributed by atoms with Gasteiger partial charge in [-0.1, -0.05) is 6.92 Å². The van der Waals surface area contributed by atoms with Crippen LogP contribution in [-0.2, 0) is 6.54 Å². The predicted octanol–water partition coefficient (Wildman–Crippen LogP) is 0.814. The molecule has 0 amide bonds. The highest BCUT2D eigenvalue weighted by molar-refractivity contribution is 14.0. The molecule has 0 unspecified atom stereocenters. The maximum absolute atomic E-state index is 8.61. The van der Waals surface area contributed by atoms with Crippen LogP contribution in [0, 0.1) is 17.2 Å². The van der Waals surface area contributed by atoms with E-state index in [-0.39, 0.29) is 29.8 Å². The van der Waals surface area contributed by atoms with E-state index in [1.165, 1.54) is 19.2 Å². The monoisotopic (exact) mass is 389 g/mol. The van der Waals surface area contributed by atoms with Gasteiger partial charge in [0.15, 0.2) is 5.96 Å². The van der Waals surface area contributed by atoms with E-state index >= 15 is 0 Å². The Morgan fingerprint density at radius 2 is 2.25 bits per heavy atom. The topological polar surface area (TPSA) is 96.1 Å². The molecule has 0 bridgehead atoms. The van der Waals surface area contributed by atoms with Crippen molar-refractivity contribution in [3.8, 4) is 6.07 Å². The molecular formula is C12H20IN7. The minimum Gasteiger partial charge on any atom is -0.370 e. The third kappa shape index (κ3) is 4.63. The molecule has 0 aromatic carbocycles. The SMILES string of the molecule is CC1CCN(C(N)=NCCn2cnc(C#N)n2)CC1.I. The van der Waals surface area contributed by atoms with Gasteiger partial charge in [0.1, 0.15) is 12.4 Å². The number of guanidine groups is 1. The first-order chi connectivity index (χ1) is 9.19. The second-order valence-corrected chi connectivity index (χ2v) is 4.85. The minimum atomic E-state index is 0. The maximum atomic E-state index is 8.61. The Morgan fingerprint density at radius 1 is 1.55 bits per heavy atom. The summed E-state index contributed by atoms with van der Waals surface area (Å²) in [5, 5.41) is 12.6. The first kappa shape index (κ1) is 16.7. The lowest BCUT2D eigenvalue weighted by molar-refractivity contribution is 0.277. The summed E-state index contributed by atoms with van der Waals surface area (Å²) in [6.07, 6.45) is 3.88. The number of likely N-dealkylation sites (tertiary alicyclic amines) is 1. The molecule has 1 aliphatic rings. The van der Waals surface area contributed by atoms with E-state index in [1.807, 2.05) is 6.07 Å². The van der Waals surface area contributed by atoms with Crippen LogP contribution >= 0.6 is 24.0 Å². The zero-order chi connectivity index (χ0) is 13.7. The molecule has 2 heterocycles. The molecule has 1 fully saturated rings. The molecule has 0 radical (unpaired) electrons. The summed E-state index contributed by atoms with van der Waals surface area (Å²) in [5.41, 5.74) is 5.97. The molecule has 20 heavy (non-hydrogen) atoms. The molecule has 2 rings (SSSR count). The van der Waals surface area contributed by atoms with Crippen LogP contribution in [0.3, 0.4) is 0 Å². The van der Waals surface area contributed by atoms with Crippen LogP contribution in [0.1, 0.15) is 25.6 Å². The molecular weight excluding hydrogens is 369 g/mol. The molecule has 2 N–H and O–H groups in total. The van der Waals surface area contributed by atoms with Crippen LogP contribution in [0.2, 0.25) is 0 Å². The zero-order valence-corrected chi connectivity index (χ0v) is 13.9. The molecule has 1 aliphatic heterocycles. The standard InChI is InChI=1S/C12H19N7.HI/c1-10-2-5-18(6-3-10)12(14)15-4-7-19-9-16-11(8-13)17-19;/h9-10H,2-7H2,1H3,(H2,14,15);1H. The van der Waals surface area contributed by atoms with E-state index < -0.39 is 0 Å². The Balaban J connectivity index is 0.00000200. The van der Waals surface area contributed by atoms with Crippen LogP contribution in [0.5, 0.6) is 0 Å². The first-order valence-electron chi connectivity index (χ1n) is 6.53. The molecule has 0 aliphatic carbocycles. The van der Waals surface area contributed by atoms with Crippen molar-refractivity contribution in [3.63, 3.8) is 0 Å². The van der Waals surface area contributed by atoms with E-state index in [9.17, 15) is 0 Å². The summed E-state index contributed by atoms with van der Waals surface area (Å²) in [5.74, 6) is 1.57. The third-order valence-corrected chi connectivity index (χ3v) is 3.35. The van der Waals surface area contributed by atoms with Gasteiger partial charge in [-0.15, -0.1) is 29.1 Å². The summed E-state index contributed by atoms with van der Waals surface area (Å²) in [7, 11) is 0. The average molecular weight is 389 g/mol. The Labute approximate surface area is 135 Å². The molecule has 0 spiro atoms. The lowest BCUT2D eigenvalue weighted by Crippen LogP contribution is -2.42. The molecule has 7 nitrogen and oxygen atoms in total. The van der Waals surface area contributed by atoms with E-state index in [1.54, 1.807) is 4.68 Å². The fourth-order valence-corrected chi connectivity index (χ4v) is 2.06. The van der Waals surface area contributed by atoms with Gasteiger partial charge in [0, 0.05) is 13.1 Å². The lowest BCUT2D eigenvalue weighted by atomic mass is 10.00. The Morgan fingerprint density at radius 3 is 2.85 bits per heavy atom. The number of halogens is 1.